The SMILES string of the molecule is COCC(C)(O)Cc1cncs1. The average Bonchev–Trinajstić information content (AvgIpc) is 2.38. The van der Waals surface area contributed by atoms with Gasteiger partial charge in [0.1, 0.15) is 0 Å². The maximum Gasteiger partial charge on any atom is 0.0900 e. The van der Waals surface area contributed by atoms with Crippen molar-refractivity contribution < 1.29 is 9.84 Å². The minimum absolute atomic E-state index is 0.352. The summed E-state index contributed by atoms with van der Waals surface area (Å²) in [5.74, 6) is 0. The van der Waals surface area contributed by atoms with E-state index < -0.39 is 5.60 Å². The van der Waals surface area contributed by atoms with Crippen LogP contribution in [-0.2, 0) is 11.2 Å². The summed E-state index contributed by atoms with van der Waals surface area (Å²) in [5.41, 5.74) is 0.986. The molecule has 12 heavy (non-hydrogen) atoms. The summed E-state index contributed by atoms with van der Waals surface area (Å²) in [5, 5.41) is 9.74. The fourth-order valence-corrected chi connectivity index (χ4v) is 1.84. The molecular formula is C8H13NO2S. The lowest BCUT2D eigenvalue weighted by Gasteiger charge is -2.20. The molecule has 1 heterocycles. The van der Waals surface area contributed by atoms with Crippen LogP contribution in [-0.4, -0.2) is 29.4 Å². The van der Waals surface area contributed by atoms with Gasteiger partial charge in [-0.3, -0.25) is 4.98 Å². The number of nitrogens with zero attached hydrogens (tertiary/aromatic N) is 1. The molecule has 0 aliphatic carbocycles. The van der Waals surface area contributed by atoms with Crippen molar-refractivity contribution in [1.82, 2.24) is 4.98 Å². The summed E-state index contributed by atoms with van der Waals surface area (Å²) in [6.45, 7) is 2.11. The molecule has 1 aromatic rings. The fourth-order valence-electron chi connectivity index (χ4n) is 1.07. The van der Waals surface area contributed by atoms with Crippen LogP contribution in [0.2, 0.25) is 0 Å². The lowest BCUT2D eigenvalue weighted by atomic mass is 10.0. The molecule has 0 saturated carbocycles. The monoisotopic (exact) mass is 187 g/mol. The second kappa shape index (κ2) is 3.98. The second-order valence-electron chi connectivity index (χ2n) is 3.07. The molecule has 0 bridgehead atoms. The maximum atomic E-state index is 9.74. The van der Waals surface area contributed by atoms with E-state index in [-0.39, 0.29) is 0 Å². The third-order valence-corrected chi connectivity index (χ3v) is 2.27. The van der Waals surface area contributed by atoms with Crippen LogP contribution in [0, 0.1) is 0 Å². The molecule has 0 radical (unpaired) electrons. The molecule has 0 aliphatic heterocycles. The first-order valence-electron chi connectivity index (χ1n) is 3.73. The van der Waals surface area contributed by atoms with Crippen molar-refractivity contribution in [3.8, 4) is 0 Å². The van der Waals surface area contributed by atoms with Gasteiger partial charge in [0.2, 0.25) is 0 Å². The van der Waals surface area contributed by atoms with Crippen molar-refractivity contribution in [2.24, 2.45) is 0 Å². The van der Waals surface area contributed by atoms with E-state index in [1.54, 1.807) is 37.1 Å². The van der Waals surface area contributed by atoms with E-state index in [1.807, 2.05) is 0 Å². The highest BCUT2D eigenvalue weighted by molar-refractivity contribution is 7.09. The third kappa shape index (κ3) is 2.89. The molecule has 3 nitrogen and oxygen atoms in total. The van der Waals surface area contributed by atoms with E-state index >= 15 is 0 Å². The molecule has 0 saturated heterocycles. The van der Waals surface area contributed by atoms with Gasteiger partial charge in [0.05, 0.1) is 17.7 Å². The maximum absolute atomic E-state index is 9.74. The molecule has 1 rings (SSSR count). The highest BCUT2D eigenvalue weighted by Gasteiger charge is 2.21. The summed E-state index contributed by atoms with van der Waals surface area (Å²) >= 11 is 1.55. The lowest BCUT2D eigenvalue weighted by Crippen LogP contribution is -2.32. The number of rotatable bonds is 4. The van der Waals surface area contributed by atoms with Crippen LogP contribution in [0.3, 0.4) is 0 Å². The molecule has 0 amide bonds. The van der Waals surface area contributed by atoms with Crippen LogP contribution < -0.4 is 0 Å². The Morgan fingerprint density at radius 1 is 1.75 bits per heavy atom. The van der Waals surface area contributed by atoms with Crippen molar-refractivity contribution in [3.63, 3.8) is 0 Å². The van der Waals surface area contributed by atoms with Crippen LogP contribution >= 0.6 is 11.3 Å². The molecular weight excluding hydrogens is 174 g/mol. The zero-order valence-corrected chi connectivity index (χ0v) is 8.10. The van der Waals surface area contributed by atoms with Crippen LogP contribution in [0.1, 0.15) is 11.8 Å². The van der Waals surface area contributed by atoms with Crippen LogP contribution in [0.15, 0.2) is 11.7 Å². The minimum Gasteiger partial charge on any atom is -0.387 e. The van der Waals surface area contributed by atoms with Gasteiger partial charge >= 0.3 is 0 Å². The topological polar surface area (TPSA) is 42.4 Å². The van der Waals surface area contributed by atoms with E-state index in [4.69, 9.17) is 4.74 Å². The number of hydrogen-bond donors (Lipinski definition) is 1. The van der Waals surface area contributed by atoms with E-state index in [1.165, 1.54) is 0 Å². The van der Waals surface area contributed by atoms with Gasteiger partial charge in [0.25, 0.3) is 0 Å². The molecule has 1 unspecified atom stereocenters. The number of hydrogen-bond acceptors (Lipinski definition) is 4. The summed E-state index contributed by atoms with van der Waals surface area (Å²) in [6.07, 6.45) is 2.38. The second-order valence-corrected chi connectivity index (χ2v) is 4.05. The Morgan fingerprint density at radius 3 is 3.00 bits per heavy atom. The van der Waals surface area contributed by atoms with Crippen LogP contribution in [0.25, 0.3) is 0 Å². The Kier molecular flexibility index (Phi) is 3.20. The number of methoxy groups -OCH3 is 1. The average molecular weight is 187 g/mol. The van der Waals surface area contributed by atoms with Gasteiger partial charge in [-0.25, -0.2) is 0 Å². The van der Waals surface area contributed by atoms with Crippen molar-refractivity contribution in [2.75, 3.05) is 13.7 Å². The van der Waals surface area contributed by atoms with Gasteiger partial charge in [-0.1, -0.05) is 0 Å². The number of ether oxygens (including phenoxy) is 1. The molecule has 0 aromatic carbocycles. The number of thiazole rings is 1. The van der Waals surface area contributed by atoms with Gasteiger partial charge in [0.15, 0.2) is 0 Å². The van der Waals surface area contributed by atoms with E-state index in [9.17, 15) is 5.11 Å². The van der Waals surface area contributed by atoms with Crippen molar-refractivity contribution >= 4 is 11.3 Å². The first kappa shape index (κ1) is 9.64. The Labute approximate surface area is 76.0 Å². The first-order valence-corrected chi connectivity index (χ1v) is 4.61. The number of aromatic nitrogens is 1. The molecule has 0 aliphatic rings. The van der Waals surface area contributed by atoms with Gasteiger partial charge in [-0.05, 0) is 6.92 Å². The third-order valence-electron chi connectivity index (χ3n) is 1.49. The standard InChI is InChI=1S/C8H13NO2S/c1-8(10,5-11-2)3-7-4-9-6-12-7/h4,6,10H,3,5H2,1-2H3. The van der Waals surface area contributed by atoms with Crippen LogP contribution in [0.5, 0.6) is 0 Å². The molecule has 0 fully saturated rings. The number of aliphatic hydroxyl groups is 1. The lowest BCUT2D eigenvalue weighted by molar-refractivity contribution is -0.0155. The summed E-state index contributed by atoms with van der Waals surface area (Å²) in [7, 11) is 1.58. The predicted molar refractivity (Wildman–Crippen MR) is 48.3 cm³/mol. The molecule has 0 spiro atoms. The minimum atomic E-state index is -0.777. The summed E-state index contributed by atoms with van der Waals surface area (Å²) in [6, 6.07) is 0. The Hall–Kier alpha value is -0.450. The largest absolute Gasteiger partial charge is 0.387 e. The Balaban J connectivity index is 2.50. The van der Waals surface area contributed by atoms with E-state index in [0.717, 1.165) is 4.88 Å². The van der Waals surface area contributed by atoms with E-state index in [0.29, 0.717) is 13.0 Å². The van der Waals surface area contributed by atoms with Gasteiger partial charge in [0, 0.05) is 24.6 Å². The quantitative estimate of drug-likeness (QED) is 0.767. The zero-order chi connectivity index (χ0) is 9.03. The zero-order valence-electron chi connectivity index (χ0n) is 7.28. The Bertz CT molecular complexity index is 221. The highest BCUT2D eigenvalue weighted by Crippen LogP contribution is 2.16. The molecule has 4 heteroatoms. The van der Waals surface area contributed by atoms with Crippen molar-refractivity contribution in [1.29, 1.82) is 0 Å². The van der Waals surface area contributed by atoms with Crippen molar-refractivity contribution in [2.45, 2.75) is 18.9 Å². The van der Waals surface area contributed by atoms with Crippen LogP contribution in [0.4, 0.5) is 0 Å². The fraction of sp³-hybridized carbons (Fsp3) is 0.625. The predicted octanol–water partition coefficient (Wildman–Crippen LogP) is 1.08. The van der Waals surface area contributed by atoms with E-state index in [2.05, 4.69) is 4.98 Å². The molecule has 1 aromatic heterocycles. The van der Waals surface area contributed by atoms with Gasteiger partial charge in [-0.15, -0.1) is 11.3 Å². The molecule has 68 valence electrons. The van der Waals surface area contributed by atoms with Gasteiger partial charge in [-0.2, -0.15) is 0 Å². The summed E-state index contributed by atoms with van der Waals surface area (Å²) in [4.78, 5) is 5.01. The van der Waals surface area contributed by atoms with Gasteiger partial charge < -0.3 is 9.84 Å². The molecule has 1 atom stereocenters. The summed E-state index contributed by atoms with van der Waals surface area (Å²) < 4.78 is 4.89. The van der Waals surface area contributed by atoms with Crippen molar-refractivity contribution in [3.05, 3.63) is 16.6 Å². The first-order chi connectivity index (χ1) is 5.64. The normalized spacial score (nSPS) is 15.9. The highest BCUT2D eigenvalue weighted by atomic mass is 32.1. The Morgan fingerprint density at radius 2 is 2.50 bits per heavy atom. The molecule has 1 N–H and O–H groups in total. The smallest absolute Gasteiger partial charge is 0.0900 e.